The van der Waals surface area contributed by atoms with Crippen LogP contribution in [-0.2, 0) is 17.8 Å². The third kappa shape index (κ3) is 6.25. The molecule has 4 rings (SSSR count). The molecule has 6 heteroatoms. The van der Waals surface area contributed by atoms with Crippen LogP contribution in [0.3, 0.4) is 0 Å². The highest BCUT2D eigenvalue weighted by atomic mass is 16.5. The fourth-order valence-electron chi connectivity index (χ4n) is 4.12. The van der Waals surface area contributed by atoms with Crippen LogP contribution >= 0.6 is 0 Å². The van der Waals surface area contributed by atoms with E-state index in [-0.39, 0.29) is 12.5 Å². The van der Waals surface area contributed by atoms with Crippen LogP contribution in [0.4, 0.5) is 5.69 Å². The van der Waals surface area contributed by atoms with Crippen LogP contribution in [0.15, 0.2) is 60.9 Å². The van der Waals surface area contributed by atoms with E-state index in [1.54, 1.807) is 7.11 Å². The van der Waals surface area contributed by atoms with E-state index >= 15 is 0 Å². The van der Waals surface area contributed by atoms with Crippen LogP contribution < -0.4 is 14.8 Å². The van der Waals surface area contributed by atoms with Crippen molar-refractivity contribution in [2.45, 2.75) is 51.2 Å². The molecule has 2 aromatic carbocycles. The van der Waals surface area contributed by atoms with Crippen LogP contribution in [-0.4, -0.2) is 29.3 Å². The Morgan fingerprint density at radius 3 is 2.48 bits per heavy atom. The molecule has 0 amide bonds. The van der Waals surface area contributed by atoms with Gasteiger partial charge in [-0.3, -0.25) is 9.78 Å². The van der Waals surface area contributed by atoms with Gasteiger partial charge in [-0.1, -0.05) is 30.3 Å². The molecule has 33 heavy (non-hydrogen) atoms. The maximum Gasteiger partial charge on any atom is 0.303 e. The van der Waals surface area contributed by atoms with Gasteiger partial charge in [-0.2, -0.15) is 0 Å². The fourth-order valence-corrected chi connectivity index (χ4v) is 4.12. The molecule has 1 heterocycles. The number of aromatic nitrogens is 1. The van der Waals surface area contributed by atoms with Gasteiger partial charge < -0.3 is 19.9 Å². The van der Waals surface area contributed by atoms with E-state index in [0.29, 0.717) is 13.0 Å². The standard InChI is InChI=1S/C27H30N2O4/c1-32-25-12-8-20(14-26(25)33-24-4-2-3-5-24)16-29-23-15-22(17-28-18-23)21-10-6-19(7-11-21)9-13-27(30)31/h6-8,10-12,14-15,17-18,24,29H,2-5,9,13,16H2,1H3,(H,30,31). The van der Waals surface area contributed by atoms with Gasteiger partial charge in [0.1, 0.15) is 0 Å². The average Bonchev–Trinajstić information content (AvgIpc) is 3.35. The first-order valence-corrected chi connectivity index (χ1v) is 11.4. The molecule has 1 saturated carbocycles. The number of carboxylic acids is 1. The van der Waals surface area contributed by atoms with E-state index in [0.717, 1.165) is 52.3 Å². The summed E-state index contributed by atoms with van der Waals surface area (Å²) < 4.78 is 11.7. The van der Waals surface area contributed by atoms with Crippen molar-refractivity contribution in [1.29, 1.82) is 0 Å². The Bertz CT molecular complexity index is 1080. The molecule has 2 N–H and O–H groups in total. The third-order valence-corrected chi connectivity index (χ3v) is 5.97. The van der Waals surface area contributed by atoms with Gasteiger partial charge in [-0.15, -0.1) is 0 Å². The molecule has 0 unspecified atom stereocenters. The number of methoxy groups -OCH3 is 1. The highest BCUT2D eigenvalue weighted by Crippen LogP contribution is 2.32. The second kappa shape index (κ2) is 10.9. The van der Waals surface area contributed by atoms with Crippen LogP contribution in [0.25, 0.3) is 11.1 Å². The number of pyridine rings is 1. The quantitative estimate of drug-likeness (QED) is 0.415. The minimum absolute atomic E-state index is 0.138. The predicted octanol–water partition coefficient (Wildman–Crippen LogP) is 5.71. The average molecular weight is 447 g/mol. The van der Waals surface area contributed by atoms with Gasteiger partial charge in [0.05, 0.1) is 18.9 Å². The summed E-state index contributed by atoms with van der Waals surface area (Å²) >= 11 is 0. The number of hydrogen-bond donors (Lipinski definition) is 2. The highest BCUT2D eigenvalue weighted by Gasteiger charge is 2.18. The van der Waals surface area contributed by atoms with Gasteiger partial charge in [-0.25, -0.2) is 0 Å². The van der Waals surface area contributed by atoms with Crippen molar-refractivity contribution in [3.8, 4) is 22.6 Å². The van der Waals surface area contributed by atoms with Crippen molar-refractivity contribution >= 4 is 11.7 Å². The zero-order valence-electron chi connectivity index (χ0n) is 18.9. The van der Waals surface area contributed by atoms with Gasteiger partial charge in [0.25, 0.3) is 0 Å². The Labute approximate surface area is 194 Å². The topological polar surface area (TPSA) is 80.7 Å². The molecule has 0 aliphatic heterocycles. The number of nitrogens with zero attached hydrogens (tertiary/aromatic N) is 1. The van der Waals surface area contributed by atoms with E-state index in [4.69, 9.17) is 14.6 Å². The summed E-state index contributed by atoms with van der Waals surface area (Å²) in [4.78, 5) is 15.1. The summed E-state index contributed by atoms with van der Waals surface area (Å²) in [6, 6.07) is 16.1. The molecule has 6 nitrogen and oxygen atoms in total. The number of aliphatic carboxylic acids is 1. The van der Waals surface area contributed by atoms with Crippen LogP contribution in [0.5, 0.6) is 11.5 Å². The third-order valence-electron chi connectivity index (χ3n) is 5.97. The summed E-state index contributed by atoms with van der Waals surface area (Å²) in [6.45, 7) is 0.643. The molecule has 3 aromatic rings. The van der Waals surface area contributed by atoms with Gasteiger partial charge >= 0.3 is 5.97 Å². The summed E-state index contributed by atoms with van der Waals surface area (Å²) in [7, 11) is 1.67. The molecule has 0 radical (unpaired) electrons. The van der Waals surface area contributed by atoms with E-state index in [9.17, 15) is 4.79 Å². The maximum absolute atomic E-state index is 10.8. The van der Waals surface area contributed by atoms with E-state index in [1.165, 1.54) is 12.8 Å². The normalized spacial score (nSPS) is 13.6. The van der Waals surface area contributed by atoms with E-state index < -0.39 is 5.97 Å². The predicted molar refractivity (Wildman–Crippen MR) is 129 cm³/mol. The van der Waals surface area contributed by atoms with Crippen molar-refractivity contribution in [2.24, 2.45) is 0 Å². The number of hydrogen-bond acceptors (Lipinski definition) is 5. The molecule has 1 aliphatic rings. The lowest BCUT2D eigenvalue weighted by atomic mass is 10.0. The van der Waals surface area contributed by atoms with Crippen molar-refractivity contribution in [2.75, 3.05) is 12.4 Å². The minimum atomic E-state index is -0.781. The van der Waals surface area contributed by atoms with E-state index in [1.807, 2.05) is 48.8 Å². The van der Waals surface area contributed by atoms with Gasteiger partial charge in [0.15, 0.2) is 11.5 Å². The molecule has 1 aliphatic carbocycles. The zero-order chi connectivity index (χ0) is 23.0. The minimum Gasteiger partial charge on any atom is -0.493 e. The largest absolute Gasteiger partial charge is 0.493 e. The fraction of sp³-hybridized carbons (Fsp3) is 0.333. The molecule has 1 fully saturated rings. The summed E-state index contributed by atoms with van der Waals surface area (Å²) in [6.07, 6.45) is 9.24. The number of ether oxygens (including phenoxy) is 2. The first kappa shape index (κ1) is 22.6. The Balaban J connectivity index is 1.41. The first-order valence-electron chi connectivity index (χ1n) is 11.4. The number of carboxylic acid groups (broad SMARTS) is 1. The molecule has 0 saturated heterocycles. The smallest absolute Gasteiger partial charge is 0.303 e. The van der Waals surface area contributed by atoms with Crippen LogP contribution in [0.1, 0.15) is 43.2 Å². The first-order chi connectivity index (χ1) is 16.1. The molecule has 1 aromatic heterocycles. The monoisotopic (exact) mass is 446 g/mol. The number of rotatable bonds is 10. The second-order valence-electron chi connectivity index (χ2n) is 8.42. The van der Waals surface area contributed by atoms with Gasteiger partial charge in [0, 0.05) is 30.9 Å². The number of nitrogens with one attached hydrogen (secondary N) is 1. The number of benzene rings is 2. The Morgan fingerprint density at radius 2 is 1.76 bits per heavy atom. The Hall–Kier alpha value is -3.54. The van der Waals surface area contributed by atoms with Crippen molar-refractivity contribution in [3.63, 3.8) is 0 Å². The molecule has 0 spiro atoms. The summed E-state index contributed by atoms with van der Waals surface area (Å²) in [5.74, 6) is 0.788. The lowest BCUT2D eigenvalue weighted by Crippen LogP contribution is -2.12. The molecule has 172 valence electrons. The lowest BCUT2D eigenvalue weighted by Gasteiger charge is -2.17. The summed E-state index contributed by atoms with van der Waals surface area (Å²) in [5, 5.41) is 12.3. The lowest BCUT2D eigenvalue weighted by molar-refractivity contribution is -0.136. The van der Waals surface area contributed by atoms with Crippen LogP contribution in [0.2, 0.25) is 0 Å². The molecule has 0 bridgehead atoms. The number of anilines is 1. The van der Waals surface area contributed by atoms with Crippen molar-refractivity contribution in [3.05, 3.63) is 72.1 Å². The number of carbonyl (C=O) groups is 1. The van der Waals surface area contributed by atoms with Crippen LogP contribution in [0, 0.1) is 0 Å². The maximum atomic E-state index is 10.8. The molecule has 0 atom stereocenters. The molecular weight excluding hydrogens is 416 g/mol. The SMILES string of the molecule is COc1ccc(CNc2cncc(-c3ccc(CCC(=O)O)cc3)c2)cc1OC1CCCC1. The van der Waals surface area contributed by atoms with Gasteiger partial charge in [-0.05, 0) is 67.0 Å². The highest BCUT2D eigenvalue weighted by molar-refractivity contribution is 5.68. The Morgan fingerprint density at radius 1 is 1.00 bits per heavy atom. The van der Waals surface area contributed by atoms with Crippen molar-refractivity contribution < 1.29 is 19.4 Å². The number of aryl methyl sites for hydroxylation is 1. The second-order valence-corrected chi connectivity index (χ2v) is 8.42. The van der Waals surface area contributed by atoms with E-state index in [2.05, 4.69) is 22.4 Å². The Kier molecular flexibility index (Phi) is 7.45. The zero-order valence-corrected chi connectivity index (χ0v) is 18.9. The van der Waals surface area contributed by atoms with Crippen molar-refractivity contribution in [1.82, 2.24) is 4.98 Å². The molecular formula is C27H30N2O4. The summed E-state index contributed by atoms with van der Waals surface area (Å²) in [5.41, 5.74) is 5.10. The van der Waals surface area contributed by atoms with Gasteiger partial charge in [0.2, 0.25) is 0 Å².